The smallest absolute Gasteiger partial charge is 0.408 e. The lowest BCUT2D eigenvalue weighted by Crippen LogP contribution is -2.49. The van der Waals surface area contributed by atoms with Crippen LogP contribution in [-0.2, 0) is 20.7 Å². The number of methoxy groups -OCH3 is 1. The monoisotopic (exact) mass is 308 g/mol. The lowest BCUT2D eigenvalue weighted by molar-refractivity contribution is -0.124. The van der Waals surface area contributed by atoms with Crippen LogP contribution in [0.5, 0.6) is 0 Å². The maximum absolute atomic E-state index is 12.1. The molecule has 1 atom stereocenters. The Kier molecular flexibility index (Phi) is 6.85. The summed E-state index contributed by atoms with van der Waals surface area (Å²) in [7, 11) is 1.48. The molecule has 0 unspecified atom stereocenters. The highest BCUT2D eigenvalue weighted by Gasteiger charge is 2.24. The van der Waals surface area contributed by atoms with Gasteiger partial charge in [-0.3, -0.25) is 4.79 Å². The molecule has 0 spiro atoms. The zero-order valence-corrected chi connectivity index (χ0v) is 13.5. The van der Waals surface area contributed by atoms with E-state index in [9.17, 15) is 9.59 Å². The van der Waals surface area contributed by atoms with Crippen molar-refractivity contribution in [3.05, 3.63) is 35.9 Å². The second kappa shape index (κ2) is 8.38. The molecule has 0 radical (unpaired) electrons. The molecule has 0 aliphatic rings. The average Bonchev–Trinajstić information content (AvgIpc) is 2.43. The van der Waals surface area contributed by atoms with Crippen molar-refractivity contribution >= 4 is 12.0 Å². The van der Waals surface area contributed by atoms with Gasteiger partial charge in [0.1, 0.15) is 18.4 Å². The number of ether oxygens (including phenoxy) is 2. The van der Waals surface area contributed by atoms with Crippen LogP contribution in [0.3, 0.4) is 0 Å². The van der Waals surface area contributed by atoms with Crippen LogP contribution in [0.2, 0.25) is 0 Å². The van der Waals surface area contributed by atoms with Crippen LogP contribution in [0.25, 0.3) is 0 Å². The molecule has 0 bridgehead atoms. The third kappa shape index (κ3) is 7.08. The number of carbonyl (C=O) groups excluding carboxylic acids is 2. The maximum Gasteiger partial charge on any atom is 0.408 e. The second-order valence-electron chi connectivity index (χ2n) is 5.86. The molecule has 1 aromatic rings. The lowest BCUT2D eigenvalue weighted by Gasteiger charge is -2.23. The lowest BCUT2D eigenvalue weighted by atomic mass is 10.1. The van der Waals surface area contributed by atoms with Crippen LogP contribution < -0.4 is 10.6 Å². The van der Waals surface area contributed by atoms with E-state index in [4.69, 9.17) is 9.47 Å². The van der Waals surface area contributed by atoms with E-state index in [2.05, 4.69) is 10.6 Å². The second-order valence-corrected chi connectivity index (χ2v) is 5.86. The molecule has 2 amide bonds. The Morgan fingerprint density at radius 1 is 1.18 bits per heavy atom. The molecule has 0 saturated carbocycles. The van der Waals surface area contributed by atoms with Crippen molar-refractivity contribution in [1.82, 2.24) is 10.6 Å². The predicted octanol–water partition coefficient (Wildman–Crippen LogP) is 1.84. The van der Waals surface area contributed by atoms with Gasteiger partial charge in [-0.1, -0.05) is 30.3 Å². The van der Waals surface area contributed by atoms with Crippen LogP contribution in [0, 0.1) is 0 Å². The van der Waals surface area contributed by atoms with E-state index < -0.39 is 17.7 Å². The Morgan fingerprint density at radius 3 is 2.36 bits per heavy atom. The fraction of sp³-hybridized carbons (Fsp3) is 0.500. The number of carbonyl (C=O) groups is 2. The van der Waals surface area contributed by atoms with Gasteiger partial charge in [-0.15, -0.1) is 0 Å². The van der Waals surface area contributed by atoms with Gasteiger partial charge in [-0.05, 0) is 26.3 Å². The first-order valence-corrected chi connectivity index (χ1v) is 7.12. The first-order valence-electron chi connectivity index (χ1n) is 7.12. The van der Waals surface area contributed by atoms with Gasteiger partial charge in [-0.2, -0.15) is 0 Å². The van der Waals surface area contributed by atoms with Crippen LogP contribution in [0.15, 0.2) is 30.3 Å². The summed E-state index contributed by atoms with van der Waals surface area (Å²) in [5.74, 6) is -0.323. The van der Waals surface area contributed by atoms with Gasteiger partial charge >= 0.3 is 6.09 Å². The molecule has 0 aromatic heterocycles. The Bertz CT molecular complexity index is 483. The van der Waals surface area contributed by atoms with Crippen molar-refractivity contribution in [3.8, 4) is 0 Å². The van der Waals surface area contributed by atoms with Crippen molar-refractivity contribution in [2.24, 2.45) is 0 Å². The highest BCUT2D eigenvalue weighted by Crippen LogP contribution is 2.08. The topological polar surface area (TPSA) is 76.7 Å². The highest BCUT2D eigenvalue weighted by molar-refractivity contribution is 5.85. The minimum absolute atomic E-state index is 0.0835. The number of amides is 2. The molecule has 6 nitrogen and oxygen atoms in total. The standard InChI is InChI=1S/C16H24N2O4/c1-16(2,3)22-15(20)18-13(14(19)17-11-21-4)10-12-8-6-5-7-9-12/h5-9,13H,10-11H2,1-4H3,(H,17,19)(H,18,20)/t13-/m0/s1. The zero-order chi connectivity index (χ0) is 16.6. The summed E-state index contributed by atoms with van der Waals surface area (Å²) in [5.41, 5.74) is 0.320. The fourth-order valence-corrected chi connectivity index (χ4v) is 1.78. The third-order valence-corrected chi connectivity index (χ3v) is 2.68. The normalized spacial score (nSPS) is 12.4. The van der Waals surface area contributed by atoms with Crippen molar-refractivity contribution in [1.29, 1.82) is 0 Å². The van der Waals surface area contributed by atoms with E-state index in [1.165, 1.54) is 7.11 Å². The van der Waals surface area contributed by atoms with E-state index in [1.807, 2.05) is 30.3 Å². The van der Waals surface area contributed by atoms with Gasteiger partial charge in [0.05, 0.1) is 0 Å². The maximum atomic E-state index is 12.1. The number of alkyl carbamates (subject to hydrolysis) is 1. The molecule has 122 valence electrons. The summed E-state index contributed by atoms with van der Waals surface area (Å²) in [6, 6.07) is 8.72. The molecular formula is C16H24N2O4. The zero-order valence-electron chi connectivity index (χ0n) is 13.5. The van der Waals surface area contributed by atoms with E-state index in [0.717, 1.165) is 5.56 Å². The van der Waals surface area contributed by atoms with Crippen LogP contribution in [-0.4, -0.2) is 37.5 Å². The molecule has 0 fully saturated rings. The Hall–Kier alpha value is -2.08. The molecule has 6 heteroatoms. The number of hydrogen-bond acceptors (Lipinski definition) is 4. The highest BCUT2D eigenvalue weighted by atomic mass is 16.6. The van der Waals surface area contributed by atoms with Gasteiger partial charge in [0, 0.05) is 13.5 Å². The van der Waals surface area contributed by atoms with Gasteiger partial charge in [0.15, 0.2) is 0 Å². The average molecular weight is 308 g/mol. The molecule has 0 heterocycles. The van der Waals surface area contributed by atoms with E-state index >= 15 is 0 Å². The van der Waals surface area contributed by atoms with Crippen molar-refractivity contribution in [3.63, 3.8) is 0 Å². The number of rotatable bonds is 6. The Balaban J connectivity index is 2.73. The summed E-state index contributed by atoms with van der Waals surface area (Å²) >= 11 is 0. The van der Waals surface area contributed by atoms with Gasteiger partial charge in [-0.25, -0.2) is 4.79 Å². The van der Waals surface area contributed by atoms with Gasteiger partial charge in [0.25, 0.3) is 0 Å². The Labute approximate surface area is 131 Å². The predicted molar refractivity (Wildman–Crippen MR) is 83.3 cm³/mol. The van der Waals surface area contributed by atoms with Crippen LogP contribution >= 0.6 is 0 Å². The summed E-state index contributed by atoms with van der Waals surface area (Å²) in [6.07, 6.45) is -0.253. The van der Waals surface area contributed by atoms with E-state index in [0.29, 0.717) is 6.42 Å². The van der Waals surface area contributed by atoms with Crippen LogP contribution in [0.4, 0.5) is 4.79 Å². The van der Waals surface area contributed by atoms with E-state index in [1.54, 1.807) is 20.8 Å². The van der Waals surface area contributed by atoms with Gasteiger partial charge < -0.3 is 20.1 Å². The summed E-state index contributed by atoms with van der Waals surface area (Å²) in [4.78, 5) is 24.0. The molecule has 0 aliphatic heterocycles. The third-order valence-electron chi connectivity index (χ3n) is 2.68. The SMILES string of the molecule is COCNC(=O)[C@H](Cc1ccccc1)NC(=O)OC(C)(C)C. The summed E-state index contributed by atoms with van der Waals surface area (Å²) in [5, 5.41) is 5.19. The Morgan fingerprint density at radius 2 is 1.82 bits per heavy atom. The summed E-state index contributed by atoms with van der Waals surface area (Å²) < 4.78 is 10.0. The minimum atomic E-state index is -0.729. The molecule has 1 rings (SSSR count). The molecule has 2 N–H and O–H groups in total. The molecule has 22 heavy (non-hydrogen) atoms. The fourth-order valence-electron chi connectivity index (χ4n) is 1.78. The molecular weight excluding hydrogens is 284 g/mol. The van der Waals surface area contributed by atoms with Gasteiger partial charge in [0.2, 0.25) is 5.91 Å². The first kappa shape index (κ1) is 18.0. The quantitative estimate of drug-likeness (QED) is 0.786. The molecule has 1 aromatic carbocycles. The van der Waals surface area contributed by atoms with Crippen molar-refractivity contribution in [2.75, 3.05) is 13.8 Å². The van der Waals surface area contributed by atoms with Crippen molar-refractivity contribution in [2.45, 2.75) is 38.8 Å². The van der Waals surface area contributed by atoms with Crippen molar-refractivity contribution < 1.29 is 19.1 Å². The largest absolute Gasteiger partial charge is 0.444 e. The number of nitrogens with one attached hydrogen (secondary N) is 2. The minimum Gasteiger partial charge on any atom is -0.444 e. The molecule has 0 aliphatic carbocycles. The first-order chi connectivity index (χ1) is 10.3. The number of benzene rings is 1. The summed E-state index contributed by atoms with van der Waals surface area (Å²) in [6.45, 7) is 5.39. The number of hydrogen-bond donors (Lipinski definition) is 2. The van der Waals surface area contributed by atoms with E-state index in [-0.39, 0.29) is 12.6 Å². The molecule has 0 saturated heterocycles. The van der Waals surface area contributed by atoms with Crippen LogP contribution in [0.1, 0.15) is 26.3 Å².